The second-order valence-electron chi connectivity index (χ2n) is 2.53. The number of hydrogen-bond donors (Lipinski definition) is 0. The van der Waals surface area contributed by atoms with Gasteiger partial charge in [-0.15, -0.1) is 11.6 Å². The van der Waals surface area contributed by atoms with Crippen LogP contribution in [0.5, 0.6) is 0 Å². The Morgan fingerprint density at radius 3 is 2.75 bits per heavy atom. The van der Waals surface area contributed by atoms with Crippen molar-refractivity contribution in [2.45, 2.75) is 11.2 Å². The molecule has 0 saturated heterocycles. The van der Waals surface area contributed by atoms with E-state index < -0.39 is 4.29 Å². The van der Waals surface area contributed by atoms with Gasteiger partial charge in [0, 0.05) is 5.56 Å². The highest BCUT2D eigenvalue weighted by Gasteiger charge is 2.12. The highest BCUT2D eigenvalue weighted by Crippen LogP contribution is 2.14. The van der Waals surface area contributed by atoms with E-state index in [0.29, 0.717) is 5.56 Å². The van der Waals surface area contributed by atoms with E-state index in [2.05, 4.69) is 15.9 Å². The predicted molar refractivity (Wildman–Crippen MR) is 54.1 cm³/mol. The maximum absolute atomic E-state index is 11.3. The normalized spacial score (nSPS) is 12.6. The topological polar surface area (TPSA) is 17.1 Å². The van der Waals surface area contributed by atoms with E-state index in [0.717, 1.165) is 5.56 Å². The van der Waals surface area contributed by atoms with Gasteiger partial charge < -0.3 is 0 Å². The fraction of sp³-hybridized carbons (Fsp3) is 0.222. The summed E-state index contributed by atoms with van der Waals surface area (Å²) < 4.78 is -0.626. The molecular weight excluding hydrogens is 239 g/mol. The van der Waals surface area contributed by atoms with E-state index in [4.69, 9.17) is 11.6 Å². The van der Waals surface area contributed by atoms with Gasteiger partial charge in [-0.25, -0.2) is 0 Å². The van der Waals surface area contributed by atoms with Crippen LogP contribution >= 0.6 is 27.5 Å². The zero-order chi connectivity index (χ0) is 9.14. The average Bonchev–Trinajstić information content (AvgIpc) is 2.03. The van der Waals surface area contributed by atoms with Gasteiger partial charge >= 0.3 is 0 Å². The first-order chi connectivity index (χ1) is 5.61. The van der Waals surface area contributed by atoms with Crippen LogP contribution in [0.4, 0.5) is 0 Å². The molecule has 0 N–H and O–H groups in total. The van der Waals surface area contributed by atoms with Gasteiger partial charge in [0.2, 0.25) is 0 Å². The molecule has 0 aliphatic heterocycles. The summed E-state index contributed by atoms with van der Waals surface area (Å²) in [4.78, 5) is 11.3. The Hall–Kier alpha value is -0.340. The van der Waals surface area contributed by atoms with Crippen LogP contribution in [0.1, 0.15) is 15.9 Å². The maximum Gasteiger partial charge on any atom is 0.191 e. The molecule has 1 rings (SSSR count). The van der Waals surface area contributed by atoms with Crippen LogP contribution in [0.2, 0.25) is 0 Å². The molecule has 1 nitrogen and oxygen atoms in total. The first-order valence-electron chi connectivity index (χ1n) is 3.50. The molecule has 0 heterocycles. The second-order valence-corrected chi connectivity index (χ2v) is 4.41. The number of halogens is 2. The molecule has 1 aromatic carbocycles. The van der Waals surface area contributed by atoms with Crippen LogP contribution in [0.3, 0.4) is 0 Å². The lowest BCUT2D eigenvalue weighted by atomic mass is 10.1. The highest BCUT2D eigenvalue weighted by molar-refractivity contribution is 9.10. The van der Waals surface area contributed by atoms with Crippen molar-refractivity contribution in [3.8, 4) is 0 Å². The van der Waals surface area contributed by atoms with Gasteiger partial charge in [0.1, 0.15) is 0 Å². The number of aryl methyl sites for hydroxylation is 1. The van der Waals surface area contributed by atoms with Gasteiger partial charge in [0.15, 0.2) is 10.1 Å². The molecular formula is C9H8BrClO. The van der Waals surface area contributed by atoms with Crippen LogP contribution in [0.25, 0.3) is 0 Å². The van der Waals surface area contributed by atoms with Crippen LogP contribution in [0, 0.1) is 6.92 Å². The lowest BCUT2D eigenvalue weighted by molar-refractivity contribution is 0.101. The van der Waals surface area contributed by atoms with Crippen molar-refractivity contribution in [1.82, 2.24) is 0 Å². The van der Waals surface area contributed by atoms with Crippen LogP contribution in [0.15, 0.2) is 24.3 Å². The number of carbonyl (C=O) groups is 1. The van der Waals surface area contributed by atoms with Crippen molar-refractivity contribution in [3.63, 3.8) is 0 Å². The molecule has 0 aromatic heterocycles. The lowest BCUT2D eigenvalue weighted by Crippen LogP contribution is -2.07. The monoisotopic (exact) mass is 246 g/mol. The molecule has 3 heteroatoms. The Bertz CT molecular complexity index is 296. The third-order valence-corrected chi connectivity index (χ3v) is 2.11. The quantitative estimate of drug-likeness (QED) is 0.580. The molecule has 0 radical (unpaired) electrons. The Kier molecular flexibility index (Phi) is 3.29. The third-order valence-electron chi connectivity index (χ3n) is 1.50. The number of benzene rings is 1. The predicted octanol–water partition coefficient (Wildman–Crippen LogP) is 3.14. The maximum atomic E-state index is 11.3. The molecule has 12 heavy (non-hydrogen) atoms. The number of hydrogen-bond acceptors (Lipinski definition) is 1. The smallest absolute Gasteiger partial charge is 0.191 e. The first kappa shape index (κ1) is 9.75. The molecule has 1 aromatic rings. The van der Waals surface area contributed by atoms with Crippen LogP contribution in [-0.4, -0.2) is 10.1 Å². The summed E-state index contributed by atoms with van der Waals surface area (Å²) >= 11 is 8.60. The van der Waals surface area contributed by atoms with E-state index in [9.17, 15) is 4.79 Å². The summed E-state index contributed by atoms with van der Waals surface area (Å²) in [5.74, 6) is -0.0969. The molecule has 0 fully saturated rings. The second kappa shape index (κ2) is 4.06. The van der Waals surface area contributed by atoms with Crippen molar-refractivity contribution in [1.29, 1.82) is 0 Å². The third kappa shape index (κ3) is 2.32. The van der Waals surface area contributed by atoms with Gasteiger partial charge in [0.05, 0.1) is 0 Å². The van der Waals surface area contributed by atoms with Gasteiger partial charge in [-0.3, -0.25) is 4.79 Å². The van der Waals surface area contributed by atoms with E-state index in [1.54, 1.807) is 6.07 Å². The van der Waals surface area contributed by atoms with Gasteiger partial charge in [-0.1, -0.05) is 39.7 Å². The molecule has 1 unspecified atom stereocenters. The standard InChI is InChI=1S/C9H8BrClO/c1-6-3-2-4-7(5-6)8(12)9(10)11/h2-5,9H,1H3. The minimum atomic E-state index is -0.626. The van der Waals surface area contributed by atoms with Crippen molar-refractivity contribution in [2.75, 3.05) is 0 Å². The zero-order valence-electron chi connectivity index (χ0n) is 6.55. The lowest BCUT2D eigenvalue weighted by Gasteiger charge is -2.01. The Morgan fingerprint density at radius 1 is 1.58 bits per heavy atom. The molecule has 64 valence electrons. The van der Waals surface area contributed by atoms with Crippen molar-refractivity contribution >= 4 is 33.3 Å². The van der Waals surface area contributed by atoms with E-state index >= 15 is 0 Å². The van der Waals surface area contributed by atoms with Crippen molar-refractivity contribution in [2.24, 2.45) is 0 Å². The number of carbonyl (C=O) groups excluding carboxylic acids is 1. The molecule has 0 aliphatic rings. The molecule has 0 amide bonds. The van der Waals surface area contributed by atoms with Crippen LogP contribution < -0.4 is 0 Å². The molecule has 0 aliphatic carbocycles. The largest absolute Gasteiger partial charge is 0.292 e. The summed E-state index contributed by atoms with van der Waals surface area (Å²) in [6.45, 7) is 1.94. The Balaban J connectivity index is 2.96. The van der Waals surface area contributed by atoms with Crippen molar-refractivity contribution in [3.05, 3.63) is 35.4 Å². The Labute approximate surface area is 84.9 Å². The molecule has 0 saturated carbocycles. The minimum Gasteiger partial charge on any atom is -0.292 e. The van der Waals surface area contributed by atoms with Gasteiger partial charge in [-0.2, -0.15) is 0 Å². The average molecular weight is 248 g/mol. The number of ketones is 1. The van der Waals surface area contributed by atoms with Crippen molar-refractivity contribution < 1.29 is 4.79 Å². The van der Waals surface area contributed by atoms with Crippen LogP contribution in [-0.2, 0) is 0 Å². The number of rotatable bonds is 2. The summed E-state index contributed by atoms with van der Waals surface area (Å²) in [5, 5.41) is 0. The number of alkyl halides is 2. The number of Topliss-reactive ketones (excluding diaryl/α,β-unsaturated/α-hetero) is 1. The fourth-order valence-electron chi connectivity index (χ4n) is 0.924. The minimum absolute atomic E-state index is 0.0969. The molecule has 0 spiro atoms. The Morgan fingerprint density at radius 2 is 2.25 bits per heavy atom. The SMILES string of the molecule is Cc1cccc(C(=O)C(Cl)Br)c1. The van der Waals surface area contributed by atoms with E-state index in [1.165, 1.54) is 0 Å². The summed E-state index contributed by atoms with van der Waals surface area (Å²) in [6, 6.07) is 7.36. The van der Waals surface area contributed by atoms with E-state index in [-0.39, 0.29) is 5.78 Å². The first-order valence-corrected chi connectivity index (χ1v) is 4.85. The summed E-state index contributed by atoms with van der Waals surface area (Å²) in [7, 11) is 0. The highest BCUT2D eigenvalue weighted by atomic mass is 79.9. The van der Waals surface area contributed by atoms with Gasteiger partial charge in [0.25, 0.3) is 0 Å². The van der Waals surface area contributed by atoms with E-state index in [1.807, 2.05) is 25.1 Å². The summed E-state index contributed by atoms with van der Waals surface area (Å²) in [6.07, 6.45) is 0. The molecule has 1 atom stereocenters. The molecule has 0 bridgehead atoms. The summed E-state index contributed by atoms with van der Waals surface area (Å²) in [5.41, 5.74) is 1.71. The fourth-order valence-corrected chi connectivity index (χ4v) is 1.31. The van der Waals surface area contributed by atoms with Gasteiger partial charge in [-0.05, 0) is 13.0 Å². The zero-order valence-corrected chi connectivity index (χ0v) is 8.89.